The minimum absolute atomic E-state index is 0.0648. The third-order valence-electron chi connectivity index (χ3n) is 2.38. The van der Waals surface area contributed by atoms with Crippen LogP contribution in [0.25, 0.3) is 0 Å². The number of carboxylic acid groups (broad SMARTS) is 1. The molecule has 0 saturated heterocycles. The van der Waals surface area contributed by atoms with Crippen molar-refractivity contribution in [3.8, 4) is 0 Å². The lowest BCUT2D eigenvalue weighted by molar-refractivity contribution is -0.858. The van der Waals surface area contributed by atoms with Crippen molar-refractivity contribution in [1.29, 1.82) is 0 Å². The number of hydrogen-bond donors (Lipinski definition) is 1. The number of quaternary nitrogens is 1. The van der Waals surface area contributed by atoms with Gasteiger partial charge in [0, 0.05) is 0 Å². The van der Waals surface area contributed by atoms with Crippen LogP contribution in [0.1, 0.15) is 52.4 Å². The predicted octanol–water partition coefficient (Wildman–Crippen LogP) is 0.804. The van der Waals surface area contributed by atoms with E-state index in [0.717, 1.165) is 0 Å². The van der Waals surface area contributed by atoms with Crippen molar-refractivity contribution in [2.45, 2.75) is 52.4 Å². The number of rotatable bonds is 8. The first-order valence-corrected chi connectivity index (χ1v) is 6.57. The number of carboxylic acids is 1. The molecule has 0 aliphatic rings. The summed E-state index contributed by atoms with van der Waals surface area (Å²) in [7, 11) is 4.46. The van der Waals surface area contributed by atoms with Crippen molar-refractivity contribution in [1.82, 2.24) is 0 Å². The van der Waals surface area contributed by atoms with E-state index in [1.807, 2.05) is 0 Å². The fourth-order valence-corrected chi connectivity index (χ4v) is 1.26. The highest BCUT2D eigenvalue weighted by Gasteiger charge is 1.93. The molecule has 0 atom stereocenters. The molecule has 0 unspecified atom stereocenters. The second-order valence-corrected chi connectivity index (χ2v) is 4.79. The third kappa shape index (κ3) is 21.1. The summed E-state index contributed by atoms with van der Waals surface area (Å²) in [6.45, 7) is 8.08. The normalized spacial score (nSPS) is 9.71. The molecule has 0 radical (unpaired) electrons. The minimum atomic E-state index is -1.19. The Balaban J connectivity index is 0. The largest absolute Gasteiger partial charge is 0.545 e. The molecule has 0 rings (SSSR count). The van der Waals surface area contributed by atoms with E-state index < -0.39 is 5.97 Å². The topological polar surface area (TPSA) is 44.6 Å². The molecule has 3 nitrogen and oxygen atoms in total. The van der Waals surface area contributed by atoms with E-state index in [1.165, 1.54) is 52.0 Å². The van der Waals surface area contributed by atoms with Crippen molar-refractivity contribution in [2.75, 3.05) is 20.6 Å². The van der Waals surface area contributed by atoms with E-state index in [1.54, 1.807) is 4.90 Å². The van der Waals surface area contributed by atoms with Gasteiger partial charge in [0.15, 0.2) is 0 Å². The highest BCUT2D eigenvalue weighted by molar-refractivity contribution is 5.82. The maximum atomic E-state index is 9.49. The van der Waals surface area contributed by atoms with Gasteiger partial charge in [-0.1, -0.05) is 39.2 Å². The van der Waals surface area contributed by atoms with E-state index in [2.05, 4.69) is 27.6 Å². The summed E-state index contributed by atoms with van der Waals surface area (Å²) in [5.41, 5.74) is 0.0648. The Morgan fingerprint density at radius 1 is 1.12 bits per heavy atom. The SMILES string of the molecule is C=C(C)C(=O)[O-].CCCCCCCC[NH+](C)C. The van der Waals surface area contributed by atoms with Crippen LogP contribution in [-0.4, -0.2) is 26.6 Å². The smallest absolute Gasteiger partial charge is 0.0766 e. The lowest BCUT2D eigenvalue weighted by Crippen LogP contribution is -3.05. The number of nitrogens with one attached hydrogen (secondary N) is 1. The molecule has 0 aliphatic carbocycles. The van der Waals surface area contributed by atoms with E-state index in [-0.39, 0.29) is 5.57 Å². The van der Waals surface area contributed by atoms with Crippen molar-refractivity contribution < 1.29 is 14.8 Å². The lowest BCUT2D eigenvalue weighted by atomic mass is 10.1. The molecular weight excluding hydrogens is 214 g/mol. The highest BCUT2D eigenvalue weighted by Crippen LogP contribution is 2.03. The van der Waals surface area contributed by atoms with Gasteiger partial charge in [-0.3, -0.25) is 0 Å². The van der Waals surface area contributed by atoms with Crippen LogP contribution in [0.4, 0.5) is 0 Å². The summed E-state index contributed by atoms with van der Waals surface area (Å²) in [5, 5.41) is 9.49. The summed E-state index contributed by atoms with van der Waals surface area (Å²) in [6, 6.07) is 0. The van der Waals surface area contributed by atoms with Gasteiger partial charge in [-0.15, -0.1) is 0 Å². The second-order valence-electron chi connectivity index (χ2n) is 4.79. The zero-order valence-electron chi connectivity index (χ0n) is 12.0. The first-order valence-electron chi connectivity index (χ1n) is 6.57. The van der Waals surface area contributed by atoms with Crippen molar-refractivity contribution >= 4 is 5.97 Å². The van der Waals surface area contributed by atoms with Gasteiger partial charge in [0.1, 0.15) is 0 Å². The Morgan fingerprint density at radius 3 is 1.88 bits per heavy atom. The van der Waals surface area contributed by atoms with Crippen LogP contribution in [0.3, 0.4) is 0 Å². The standard InChI is InChI=1S/C10H23N.C4H6O2/c1-4-5-6-7-8-9-10-11(2)3;1-3(2)4(5)6/h4-10H2,1-3H3;1H2,2H3,(H,5,6). The molecule has 0 spiro atoms. The molecule has 1 N–H and O–H groups in total. The van der Waals surface area contributed by atoms with Gasteiger partial charge in [-0.05, 0) is 25.3 Å². The maximum absolute atomic E-state index is 9.49. The molecule has 0 bridgehead atoms. The van der Waals surface area contributed by atoms with Gasteiger partial charge in [-0.2, -0.15) is 0 Å². The van der Waals surface area contributed by atoms with Crippen LogP contribution in [0.15, 0.2) is 12.2 Å². The monoisotopic (exact) mass is 243 g/mol. The summed E-state index contributed by atoms with van der Waals surface area (Å²) in [4.78, 5) is 11.1. The van der Waals surface area contributed by atoms with E-state index >= 15 is 0 Å². The Bertz CT molecular complexity index is 188. The summed E-state index contributed by atoms with van der Waals surface area (Å²) >= 11 is 0. The Kier molecular flexibility index (Phi) is 14.4. The van der Waals surface area contributed by atoms with Crippen LogP contribution in [0.5, 0.6) is 0 Å². The van der Waals surface area contributed by atoms with Crippen LogP contribution >= 0.6 is 0 Å². The molecule has 0 aliphatic heterocycles. The molecule has 0 aromatic carbocycles. The van der Waals surface area contributed by atoms with Gasteiger partial charge in [-0.25, -0.2) is 0 Å². The van der Waals surface area contributed by atoms with Crippen molar-refractivity contribution in [3.05, 3.63) is 12.2 Å². The fourth-order valence-electron chi connectivity index (χ4n) is 1.26. The van der Waals surface area contributed by atoms with Gasteiger partial charge in [0.25, 0.3) is 0 Å². The quantitative estimate of drug-likeness (QED) is 0.506. The zero-order valence-corrected chi connectivity index (χ0v) is 12.0. The molecule has 0 amide bonds. The molecule has 0 aromatic heterocycles. The fraction of sp³-hybridized carbons (Fsp3) is 0.786. The number of aliphatic carboxylic acids is 1. The molecule has 0 aromatic rings. The molecule has 17 heavy (non-hydrogen) atoms. The van der Waals surface area contributed by atoms with Gasteiger partial charge >= 0.3 is 0 Å². The molecule has 102 valence electrons. The molecule has 3 heteroatoms. The summed E-state index contributed by atoms with van der Waals surface area (Å²) < 4.78 is 0. The first kappa shape index (κ1) is 18.5. The number of hydrogen-bond acceptors (Lipinski definition) is 2. The number of unbranched alkanes of at least 4 members (excludes halogenated alkanes) is 5. The predicted molar refractivity (Wildman–Crippen MR) is 70.9 cm³/mol. The zero-order chi connectivity index (χ0) is 13.7. The van der Waals surface area contributed by atoms with E-state index in [4.69, 9.17) is 0 Å². The summed E-state index contributed by atoms with van der Waals surface area (Å²) in [5.74, 6) is -1.19. The number of carbonyl (C=O) groups is 1. The van der Waals surface area contributed by atoms with Crippen molar-refractivity contribution in [2.24, 2.45) is 0 Å². The minimum Gasteiger partial charge on any atom is -0.545 e. The van der Waals surface area contributed by atoms with Crippen LogP contribution in [0, 0.1) is 0 Å². The Morgan fingerprint density at radius 2 is 1.53 bits per heavy atom. The Hall–Kier alpha value is -0.830. The van der Waals surface area contributed by atoms with Crippen LogP contribution in [-0.2, 0) is 4.79 Å². The van der Waals surface area contributed by atoms with Gasteiger partial charge in [0.2, 0.25) is 0 Å². The molecule has 0 saturated carbocycles. The molecular formula is C14H29NO2. The number of carbonyl (C=O) groups excluding carboxylic acids is 1. The summed E-state index contributed by atoms with van der Waals surface area (Å²) in [6.07, 6.45) is 8.52. The van der Waals surface area contributed by atoms with Crippen LogP contribution in [0.2, 0.25) is 0 Å². The first-order chi connectivity index (χ1) is 7.91. The third-order valence-corrected chi connectivity index (χ3v) is 2.38. The highest BCUT2D eigenvalue weighted by atomic mass is 16.4. The van der Waals surface area contributed by atoms with Crippen LogP contribution < -0.4 is 10.0 Å². The van der Waals surface area contributed by atoms with Gasteiger partial charge in [0.05, 0.1) is 26.6 Å². The maximum Gasteiger partial charge on any atom is 0.0766 e. The molecule has 0 heterocycles. The average Bonchev–Trinajstić information content (AvgIpc) is 2.23. The van der Waals surface area contributed by atoms with Crippen molar-refractivity contribution in [3.63, 3.8) is 0 Å². The molecule has 0 fully saturated rings. The average molecular weight is 243 g/mol. The lowest BCUT2D eigenvalue weighted by Gasteiger charge is -2.05. The van der Waals surface area contributed by atoms with E-state index in [9.17, 15) is 9.90 Å². The van der Waals surface area contributed by atoms with E-state index in [0.29, 0.717) is 0 Å². The van der Waals surface area contributed by atoms with Gasteiger partial charge < -0.3 is 14.8 Å². The Labute approximate surface area is 107 Å². The second kappa shape index (κ2) is 13.2.